The van der Waals surface area contributed by atoms with Crippen molar-refractivity contribution in [3.05, 3.63) is 42.5 Å². The van der Waals surface area contributed by atoms with Crippen LogP contribution in [0.2, 0.25) is 0 Å². The van der Waals surface area contributed by atoms with Crippen molar-refractivity contribution < 1.29 is 9.47 Å². The minimum absolute atomic E-state index is 0.414. The molecule has 0 fully saturated rings. The highest BCUT2D eigenvalue weighted by Gasteiger charge is 2.05. The summed E-state index contributed by atoms with van der Waals surface area (Å²) in [6.45, 7) is 4.68. The fraction of sp³-hybridized carbons (Fsp3) is 0.357. The number of hydrogen-bond acceptors (Lipinski definition) is 3. The molecule has 4 heteroatoms. The highest BCUT2D eigenvalue weighted by Crippen LogP contribution is 2.26. The van der Waals surface area contributed by atoms with E-state index in [4.69, 9.17) is 9.47 Å². The third-order valence-corrected chi connectivity index (χ3v) is 2.70. The van der Waals surface area contributed by atoms with Gasteiger partial charge >= 0.3 is 0 Å². The first-order valence-corrected chi connectivity index (χ1v) is 5.99. The second kappa shape index (κ2) is 5.58. The lowest BCUT2D eigenvalue weighted by molar-refractivity contribution is 0.281. The molecule has 0 N–H and O–H groups in total. The number of imidazole rings is 1. The molecule has 0 aliphatic heterocycles. The minimum atomic E-state index is 0.414. The average Bonchev–Trinajstić information content (AvgIpc) is 2.85. The second-order valence-electron chi connectivity index (χ2n) is 4.35. The Hall–Kier alpha value is -1.97. The smallest absolute Gasteiger partial charge is 0.161 e. The molecule has 0 radical (unpaired) electrons. The van der Waals surface area contributed by atoms with E-state index in [1.165, 1.54) is 0 Å². The first-order valence-electron chi connectivity index (χ1n) is 5.99. The summed E-state index contributed by atoms with van der Waals surface area (Å²) in [7, 11) is 1.63. The number of hydrogen-bond donors (Lipinski definition) is 0. The highest BCUT2D eigenvalue weighted by molar-refractivity contribution is 5.39. The lowest BCUT2D eigenvalue weighted by Crippen LogP contribution is -1.99. The third-order valence-electron chi connectivity index (χ3n) is 2.70. The van der Waals surface area contributed by atoms with E-state index in [0.717, 1.165) is 17.2 Å². The second-order valence-corrected chi connectivity index (χ2v) is 4.35. The van der Waals surface area contributed by atoms with Gasteiger partial charge in [0.25, 0.3) is 0 Å². The van der Waals surface area contributed by atoms with Crippen LogP contribution in [0.1, 0.15) is 25.6 Å². The van der Waals surface area contributed by atoms with Crippen LogP contribution in [0.15, 0.2) is 36.8 Å². The first kappa shape index (κ1) is 12.5. The van der Waals surface area contributed by atoms with E-state index in [-0.39, 0.29) is 0 Å². The predicted octanol–water partition coefficient (Wildman–Crippen LogP) is 3.05. The minimum Gasteiger partial charge on any atom is -0.493 e. The van der Waals surface area contributed by atoms with Crippen LogP contribution < -0.4 is 9.47 Å². The van der Waals surface area contributed by atoms with Crippen molar-refractivity contribution in [3.8, 4) is 11.5 Å². The molecule has 1 heterocycles. The standard InChI is InChI=1S/C14H18N2O2/c1-11(2)16-8-12(15-10-16)9-18-14-7-5-4-6-13(14)17-3/h4-8,10-11H,9H2,1-3H3. The van der Waals surface area contributed by atoms with Crippen LogP contribution in [0, 0.1) is 0 Å². The molecule has 96 valence electrons. The topological polar surface area (TPSA) is 36.3 Å². The van der Waals surface area contributed by atoms with E-state index >= 15 is 0 Å². The van der Waals surface area contributed by atoms with Crippen LogP contribution in [-0.4, -0.2) is 16.7 Å². The van der Waals surface area contributed by atoms with Crippen LogP contribution in [0.3, 0.4) is 0 Å². The number of methoxy groups -OCH3 is 1. The van der Waals surface area contributed by atoms with E-state index in [1.807, 2.05) is 36.8 Å². The van der Waals surface area contributed by atoms with Crippen molar-refractivity contribution in [3.63, 3.8) is 0 Å². The van der Waals surface area contributed by atoms with Crippen LogP contribution >= 0.6 is 0 Å². The van der Waals surface area contributed by atoms with Gasteiger partial charge in [0, 0.05) is 12.2 Å². The van der Waals surface area contributed by atoms with E-state index in [2.05, 4.69) is 23.4 Å². The zero-order valence-corrected chi connectivity index (χ0v) is 11.0. The Labute approximate surface area is 107 Å². The lowest BCUT2D eigenvalue weighted by atomic mass is 10.3. The normalized spacial score (nSPS) is 10.7. The van der Waals surface area contributed by atoms with Crippen LogP contribution in [0.4, 0.5) is 0 Å². The van der Waals surface area contributed by atoms with E-state index in [1.54, 1.807) is 7.11 Å². The zero-order valence-electron chi connectivity index (χ0n) is 11.0. The number of para-hydroxylation sites is 2. The van der Waals surface area contributed by atoms with Crippen molar-refractivity contribution in [2.24, 2.45) is 0 Å². The van der Waals surface area contributed by atoms with Gasteiger partial charge in [0.2, 0.25) is 0 Å². The summed E-state index contributed by atoms with van der Waals surface area (Å²) in [6.07, 6.45) is 3.83. The molecular formula is C14H18N2O2. The van der Waals surface area contributed by atoms with E-state index in [9.17, 15) is 0 Å². The Morgan fingerprint density at radius 3 is 2.56 bits per heavy atom. The van der Waals surface area contributed by atoms with Gasteiger partial charge in [0.15, 0.2) is 11.5 Å². The van der Waals surface area contributed by atoms with Crippen molar-refractivity contribution in [2.45, 2.75) is 26.5 Å². The molecule has 18 heavy (non-hydrogen) atoms. The van der Waals surface area contributed by atoms with Crippen molar-refractivity contribution in [1.29, 1.82) is 0 Å². The third kappa shape index (κ3) is 2.83. The van der Waals surface area contributed by atoms with Gasteiger partial charge in [-0.3, -0.25) is 0 Å². The summed E-state index contributed by atoms with van der Waals surface area (Å²) in [5.74, 6) is 1.47. The Morgan fingerprint density at radius 2 is 1.94 bits per heavy atom. The molecular weight excluding hydrogens is 228 g/mol. The van der Waals surface area contributed by atoms with Gasteiger partial charge in [-0.1, -0.05) is 12.1 Å². The fourth-order valence-electron chi connectivity index (χ4n) is 1.63. The van der Waals surface area contributed by atoms with Gasteiger partial charge in [-0.25, -0.2) is 4.98 Å². The zero-order chi connectivity index (χ0) is 13.0. The number of benzene rings is 1. The molecule has 0 saturated heterocycles. The van der Waals surface area contributed by atoms with Crippen molar-refractivity contribution in [2.75, 3.05) is 7.11 Å². The largest absolute Gasteiger partial charge is 0.493 e. The average molecular weight is 246 g/mol. The summed E-state index contributed by atoms with van der Waals surface area (Å²) in [6, 6.07) is 8.02. The highest BCUT2D eigenvalue weighted by atomic mass is 16.5. The van der Waals surface area contributed by atoms with Gasteiger partial charge in [-0.2, -0.15) is 0 Å². The lowest BCUT2D eigenvalue weighted by Gasteiger charge is -2.09. The number of aromatic nitrogens is 2. The molecule has 0 bridgehead atoms. The van der Waals surface area contributed by atoms with Gasteiger partial charge < -0.3 is 14.0 Å². The van der Waals surface area contributed by atoms with Crippen molar-refractivity contribution in [1.82, 2.24) is 9.55 Å². The monoisotopic (exact) mass is 246 g/mol. The molecule has 2 aromatic rings. The van der Waals surface area contributed by atoms with Gasteiger partial charge in [-0.15, -0.1) is 0 Å². The fourth-order valence-corrected chi connectivity index (χ4v) is 1.63. The maximum absolute atomic E-state index is 5.71. The molecule has 0 aliphatic rings. The maximum Gasteiger partial charge on any atom is 0.161 e. The molecule has 2 rings (SSSR count). The quantitative estimate of drug-likeness (QED) is 0.813. The molecule has 0 saturated carbocycles. The molecule has 0 amide bonds. The molecule has 4 nitrogen and oxygen atoms in total. The molecule has 0 atom stereocenters. The van der Waals surface area contributed by atoms with Crippen LogP contribution in [0.25, 0.3) is 0 Å². The summed E-state index contributed by atoms with van der Waals surface area (Å²) in [5.41, 5.74) is 0.912. The van der Waals surface area contributed by atoms with Crippen molar-refractivity contribution >= 4 is 0 Å². The summed E-state index contributed by atoms with van der Waals surface area (Å²) in [5, 5.41) is 0. The van der Waals surface area contributed by atoms with Gasteiger partial charge in [-0.05, 0) is 26.0 Å². The predicted molar refractivity (Wildman–Crippen MR) is 69.9 cm³/mol. The summed E-state index contributed by atoms with van der Waals surface area (Å²) < 4.78 is 13.0. The first-order chi connectivity index (χ1) is 8.70. The summed E-state index contributed by atoms with van der Waals surface area (Å²) in [4.78, 5) is 4.31. The molecule has 0 aliphatic carbocycles. The SMILES string of the molecule is COc1ccccc1OCc1cn(C(C)C)cn1. The molecule has 0 unspecified atom stereocenters. The number of rotatable bonds is 5. The Bertz CT molecular complexity index is 506. The van der Waals surface area contributed by atoms with Crippen LogP contribution in [-0.2, 0) is 6.61 Å². The van der Waals surface area contributed by atoms with Crippen LogP contribution in [0.5, 0.6) is 11.5 Å². The Balaban J connectivity index is 2.02. The molecule has 1 aromatic heterocycles. The Morgan fingerprint density at radius 1 is 1.22 bits per heavy atom. The van der Waals surface area contributed by atoms with Gasteiger partial charge in [0.05, 0.1) is 19.1 Å². The van der Waals surface area contributed by atoms with Gasteiger partial charge in [0.1, 0.15) is 6.61 Å². The van der Waals surface area contributed by atoms with E-state index < -0.39 is 0 Å². The molecule has 1 aromatic carbocycles. The maximum atomic E-state index is 5.71. The summed E-state index contributed by atoms with van der Waals surface area (Å²) >= 11 is 0. The molecule has 0 spiro atoms. The number of ether oxygens (including phenoxy) is 2. The number of nitrogens with zero attached hydrogens (tertiary/aromatic N) is 2. The van der Waals surface area contributed by atoms with E-state index in [0.29, 0.717) is 12.6 Å². The Kier molecular flexibility index (Phi) is 3.87.